The van der Waals surface area contributed by atoms with Crippen LogP contribution in [0.1, 0.15) is 62.0 Å². The SMILES string of the molecule is COC(=O)c1cc(-c2cnn(C)c2OCCC[C@@H](C)CNc2c(N)ccc3c2CCN(C(=O)OC(C)(C)C)C3)c(=O)n(C)c1. The van der Waals surface area contributed by atoms with E-state index in [4.69, 9.17) is 19.9 Å². The molecule has 0 unspecified atom stereocenters. The highest BCUT2D eigenvalue weighted by Gasteiger charge is 2.27. The molecule has 44 heavy (non-hydrogen) atoms. The van der Waals surface area contributed by atoms with Crippen molar-refractivity contribution in [2.75, 3.05) is 37.9 Å². The molecule has 0 radical (unpaired) electrons. The Kier molecular flexibility index (Phi) is 9.91. The number of benzene rings is 1. The minimum atomic E-state index is -0.539. The molecule has 12 heteroatoms. The monoisotopic (exact) mass is 608 g/mol. The third-order valence-electron chi connectivity index (χ3n) is 7.57. The largest absolute Gasteiger partial charge is 0.477 e. The highest BCUT2D eigenvalue weighted by molar-refractivity contribution is 5.90. The van der Waals surface area contributed by atoms with Crippen LogP contribution in [0.2, 0.25) is 0 Å². The van der Waals surface area contributed by atoms with E-state index in [1.807, 2.05) is 32.9 Å². The summed E-state index contributed by atoms with van der Waals surface area (Å²) >= 11 is 0. The van der Waals surface area contributed by atoms with E-state index in [2.05, 4.69) is 17.3 Å². The van der Waals surface area contributed by atoms with Gasteiger partial charge in [0.25, 0.3) is 5.56 Å². The molecule has 238 valence electrons. The number of hydrogen-bond acceptors (Lipinski definition) is 9. The van der Waals surface area contributed by atoms with Crippen LogP contribution in [0.4, 0.5) is 16.2 Å². The second-order valence-electron chi connectivity index (χ2n) is 12.3. The van der Waals surface area contributed by atoms with Gasteiger partial charge in [-0.2, -0.15) is 5.10 Å². The van der Waals surface area contributed by atoms with Crippen molar-refractivity contribution < 1.29 is 23.8 Å². The van der Waals surface area contributed by atoms with Crippen molar-refractivity contribution in [1.82, 2.24) is 19.2 Å². The van der Waals surface area contributed by atoms with E-state index in [0.29, 0.717) is 54.7 Å². The van der Waals surface area contributed by atoms with E-state index in [0.717, 1.165) is 36.2 Å². The molecule has 0 spiro atoms. The van der Waals surface area contributed by atoms with E-state index in [9.17, 15) is 14.4 Å². The topological polar surface area (TPSA) is 143 Å². The number of aromatic nitrogens is 3. The van der Waals surface area contributed by atoms with E-state index < -0.39 is 11.6 Å². The Morgan fingerprint density at radius 3 is 2.64 bits per heavy atom. The summed E-state index contributed by atoms with van der Waals surface area (Å²) in [5.74, 6) is 0.251. The maximum atomic E-state index is 12.9. The van der Waals surface area contributed by atoms with Gasteiger partial charge in [-0.3, -0.25) is 4.79 Å². The number of amides is 1. The van der Waals surface area contributed by atoms with Gasteiger partial charge in [0.05, 0.1) is 48.0 Å². The molecule has 3 heterocycles. The summed E-state index contributed by atoms with van der Waals surface area (Å²) < 4.78 is 19.4. The number of aryl methyl sites for hydroxylation is 2. The lowest BCUT2D eigenvalue weighted by atomic mass is 9.96. The molecule has 1 amide bonds. The number of rotatable bonds is 10. The standard InChI is InChI=1S/C32H44N6O6/c1-20(16-34-27-23-12-13-38(31(41)44-32(2,3)4)19-21(23)10-11-26(27)33)9-8-14-43-29-25(17-35-37(29)6)24-15-22(30(40)42-7)18-36(5)28(24)39/h10-11,15,17-18,20,34H,8-9,12-14,16,19,33H2,1-7H3/t20-/m1/s1. The summed E-state index contributed by atoms with van der Waals surface area (Å²) in [6.45, 7) is 9.98. The average Bonchev–Trinajstić information content (AvgIpc) is 3.34. The molecule has 0 fully saturated rings. The number of fused-ring (bicyclic) bond motifs is 1. The zero-order valence-corrected chi connectivity index (χ0v) is 26.7. The zero-order valence-electron chi connectivity index (χ0n) is 26.7. The molecule has 12 nitrogen and oxygen atoms in total. The van der Waals surface area contributed by atoms with Crippen molar-refractivity contribution in [3.05, 3.63) is 57.6 Å². The zero-order chi connectivity index (χ0) is 32.2. The first-order valence-electron chi connectivity index (χ1n) is 14.8. The molecule has 0 bridgehead atoms. The fourth-order valence-corrected chi connectivity index (χ4v) is 5.26. The van der Waals surface area contributed by atoms with Gasteiger partial charge < -0.3 is 34.7 Å². The van der Waals surface area contributed by atoms with Crippen LogP contribution in [0.25, 0.3) is 11.1 Å². The van der Waals surface area contributed by atoms with Gasteiger partial charge in [0.2, 0.25) is 5.88 Å². The number of esters is 1. The van der Waals surface area contributed by atoms with Crippen molar-refractivity contribution in [3.63, 3.8) is 0 Å². The molecular formula is C32H44N6O6. The maximum Gasteiger partial charge on any atom is 0.410 e. The van der Waals surface area contributed by atoms with E-state index >= 15 is 0 Å². The number of ether oxygens (including phenoxy) is 3. The van der Waals surface area contributed by atoms with E-state index in [-0.39, 0.29) is 17.2 Å². The molecule has 0 saturated carbocycles. The molecule has 0 saturated heterocycles. The smallest absolute Gasteiger partial charge is 0.410 e. The molecule has 4 rings (SSSR count). The van der Waals surface area contributed by atoms with E-state index in [1.54, 1.807) is 29.9 Å². The number of nitrogens with one attached hydrogen (secondary N) is 1. The van der Waals surface area contributed by atoms with Crippen molar-refractivity contribution >= 4 is 23.4 Å². The molecule has 1 aliphatic rings. The normalized spacial score (nSPS) is 13.7. The summed E-state index contributed by atoms with van der Waals surface area (Å²) in [5.41, 5.74) is 10.5. The molecule has 1 atom stereocenters. The number of carbonyl (C=O) groups is 2. The Morgan fingerprint density at radius 1 is 1.18 bits per heavy atom. The second kappa shape index (κ2) is 13.4. The molecular weight excluding hydrogens is 564 g/mol. The summed E-state index contributed by atoms with van der Waals surface area (Å²) in [4.78, 5) is 39.3. The number of pyridine rings is 1. The van der Waals surface area contributed by atoms with Crippen LogP contribution in [0.15, 0.2) is 35.4 Å². The number of nitrogens with two attached hydrogens (primary N) is 1. The quantitative estimate of drug-likeness (QED) is 0.195. The second-order valence-corrected chi connectivity index (χ2v) is 12.3. The first kappa shape index (κ1) is 32.4. The van der Waals surface area contributed by atoms with Crippen molar-refractivity contribution in [2.45, 2.75) is 59.1 Å². The Hall–Kier alpha value is -4.48. The third-order valence-corrected chi connectivity index (χ3v) is 7.57. The van der Waals surface area contributed by atoms with Gasteiger partial charge >= 0.3 is 12.1 Å². The van der Waals surface area contributed by atoms with Crippen LogP contribution in [-0.2, 0) is 36.5 Å². The minimum Gasteiger partial charge on any atom is -0.477 e. The highest BCUT2D eigenvalue weighted by atomic mass is 16.6. The van der Waals surface area contributed by atoms with Crippen LogP contribution in [-0.4, -0.2) is 63.7 Å². The number of methoxy groups -OCH3 is 1. The third kappa shape index (κ3) is 7.53. The van der Waals surface area contributed by atoms with Gasteiger partial charge in [0, 0.05) is 39.9 Å². The number of anilines is 2. The first-order chi connectivity index (χ1) is 20.8. The van der Waals surface area contributed by atoms with E-state index in [1.165, 1.54) is 23.9 Å². The van der Waals surface area contributed by atoms with Gasteiger partial charge in [-0.25, -0.2) is 14.3 Å². The van der Waals surface area contributed by atoms with Gasteiger partial charge in [0.1, 0.15) is 5.60 Å². The van der Waals surface area contributed by atoms with Crippen LogP contribution in [0, 0.1) is 5.92 Å². The predicted molar refractivity (Wildman–Crippen MR) is 169 cm³/mol. The fraction of sp³-hybridized carbons (Fsp3) is 0.500. The molecule has 3 N–H and O–H groups in total. The summed E-state index contributed by atoms with van der Waals surface area (Å²) in [6.07, 6.45) is 5.07. The first-order valence-corrected chi connectivity index (χ1v) is 14.8. The number of nitrogen functional groups attached to an aromatic ring is 1. The molecule has 1 aromatic carbocycles. The molecule has 3 aromatic rings. The molecule has 1 aliphatic heterocycles. The summed E-state index contributed by atoms with van der Waals surface area (Å²) in [5, 5.41) is 7.84. The Morgan fingerprint density at radius 2 is 1.93 bits per heavy atom. The summed E-state index contributed by atoms with van der Waals surface area (Å²) in [7, 11) is 4.63. The van der Waals surface area contributed by atoms with Crippen LogP contribution in [0.3, 0.4) is 0 Å². The van der Waals surface area contributed by atoms with Gasteiger partial charge in [-0.15, -0.1) is 0 Å². The number of carbonyl (C=O) groups excluding carboxylic acids is 2. The molecule has 2 aromatic heterocycles. The van der Waals surface area contributed by atoms with Crippen molar-refractivity contribution in [1.29, 1.82) is 0 Å². The Bertz CT molecular complexity index is 1570. The average molecular weight is 609 g/mol. The van der Waals surface area contributed by atoms with Crippen LogP contribution in [0.5, 0.6) is 5.88 Å². The predicted octanol–water partition coefficient (Wildman–Crippen LogP) is 4.36. The lowest BCUT2D eigenvalue weighted by molar-refractivity contribution is 0.0224. The Labute approximate surface area is 258 Å². The maximum absolute atomic E-state index is 12.9. The van der Waals surface area contributed by atoms with Crippen LogP contribution >= 0.6 is 0 Å². The summed E-state index contributed by atoms with van der Waals surface area (Å²) in [6, 6.07) is 5.38. The van der Waals surface area contributed by atoms with Crippen molar-refractivity contribution in [3.8, 4) is 17.0 Å². The lowest BCUT2D eigenvalue weighted by Gasteiger charge is -2.32. The molecule has 0 aliphatic carbocycles. The van der Waals surface area contributed by atoms with Crippen LogP contribution < -0.4 is 21.3 Å². The minimum absolute atomic E-state index is 0.265. The fourth-order valence-electron chi connectivity index (χ4n) is 5.26. The number of nitrogens with zero attached hydrogens (tertiary/aromatic N) is 4. The highest BCUT2D eigenvalue weighted by Crippen LogP contribution is 2.32. The van der Waals surface area contributed by atoms with Crippen molar-refractivity contribution in [2.24, 2.45) is 20.0 Å². The van der Waals surface area contributed by atoms with Gasteiger partial charge in [0.15, 0.2) is 0 Å². The van der Waals surface area contributed by atoms with Gasteiger partial charge in [-0.05, 0) is 69.2 Å². The number of hydrogen-bond donors (Lipinski definition) is 2. The van der Waals surface area contributed by atoms with Gasteiger partial charge in [-0.1, -0.05) is 13.0 Å². The lowest BCUT2D eigenvalue weighted by Crippen LogP contribution is -2.40. The Balaban J connectivity index is 1.33.